The normalized spacial score (nSPS) is 12.6. The number of benzene rings is 1. The molecule has 3 heteroatoms. The molecule has 0 spiro atoms. The number of hydrogen-bond acceptors (Lipinski definition) is 1. The lowest BCUT2D eigenvalue weighted by Gasteiger charge is -2.21. The van der Waals surface area contributed by atoms with Crippen molar-refractivity contribution in [2.24, 2.45) is 0 Å². The Morgan fingerprint density at radius 3 is 2.38 bits per heavy atom. The minimum atomic E-state index is 0.461. The van der Waals surface area contributed by atoms with Crippen molar-refractivity contribution in [2.75, 3.05) is 6.54 Å². The first-order chi connectivity index (χ1) is 10.2. The first-order valence-corrected chi connectivity index (χ1v) is 9.96. The van der Waals surface area contributed by atoms with Crippen LogP contribution in [0, 0.1) is 0 Å². The highest BCUT2D eigenvalue weighted by Crippen LogP contribution is 2.30. The molecule has 0 saturated carbocycles. The van der Waals surface area contributed by atoms with Crippen molar-refractivity contribution in [1.82, 2.24) is 5.32 Å². The minimum Gasteiger partial charge on any atom is -0.310 e. The van der Waals surface area contributed by atoms with E-state index in [4.69, 9.17) is 0 Å². The van der Waals surface area contributed by atoms with Crippen LogP contribution in [0.2, 0.25) is 0 Å². The average molecular weight is 419 g/mol. The Morgan fingerprint density at radius 1 is 0.952 bits per heavy atom. The molecule has 1 aromatic carbocycles. The summed E-state index contributed by atoms with van der Waals surface area (Å²) in [5, 5.41) is 3.70. The summed E-state index contributed by atoms with van der Waals surface area (Å²) in [4.78, 5) is 0. The van der Waals surface area contributed by atoms with Crippen molar-refractivity contribution in [1.29, 1.82) is 0 Å². The largest absolute Gasteiger partial charge is 0.310 e. The molecule has 120 valence electrons. The Kier molecular flexibility index (Phi) is 10.7. The predicted octanol–water partition coefficient (Wildman–Crippen LogP) is 7.00. The Labute approximate surface area is 147 Å². The molecular formula is C18H29Br2N. The lowest BCUT2D eigenvalue weighted by molar-refractivity contribution is 0.465. The van der Waals surface area contributed by atoms with Crippen LogP contribution in [-0.2, 0) is 0 Å². The molecule has 1 rings (SSSR count). The van der Waals surface area contributed by atoms with Crippen LogP contribution in [0.3, 0.4) is 0 Å². The molecule has 1 N–H and O–H groups in total. The summed E-state index contributed by atoms with van der Waals surface area (Å²) >= 11 is 7.30. The third-order valence-electron chi connectivity index (χ3n) is 3.82. The predicted molar refractivity (Wildman–Crippen MR) is 101 cm³/mol. The summed E-state index contributed by atoms with van der Waals surface area (Å²) in [6.07, 6.45) is 10.6. The van der Waals surface area contributed by atoms with Gasteiger partial charge in [-0.2, -0.15) is 0 Å². The van der Waals surface area contributed by atoms with Gasteiger partial charge >= 0.3 is 0 Å². The first-order valence-electron chi connectivity index (χ1n) is 8.37. The van der Waals surface area contributed by atoms with Crippen LogP contribution in [0.5, 0.6) is 0 Å². The molecule has 21 heavy (non-hydrogen) atoms. The van der Waals surface area contributed by atoms with E-state index in [2.05, 4.69) is 69.2 Å². The maximum atomic E-state index is 3.71. The number of rotatable bonds is 11. The number of hydrogen-bond donors (Lipinski definition) is 1. The van der Waals surface area contributed by atoms with E-state index in [0.717, 1.165) is 11.0 Å². The summed E-state index contributed by atoms with van der Waals surface area (Å²) in [6, 6.07) is 6.94. The Morgan fingerprint density at radius 2 is 1.67 bits per heavy atom. The van der Waals surface area contributed by atoms with Crippen molar-refractivity contribution in [2.45, 2.75) is 71.3 Å². The highest BCUT2D eigenvalue weighted by molar-refractivity contribution is 9.11. The summed E-state index contributed by atoms with van der Waals surface area (Å²) in [6.45, 7) is 5.58. The maximum Gasteiger partial charge on any atom is 0.0331 e. The van der Waals surface area contributed by atoms with Crippen LogP contribution in [-0.4, -0.2) is 6.54 Å². The summed E-state index contributed by atoms with van der Waals surface area (Å²) in [5.74, 6) is 0. The van der Waals surface area contributed by atoms with E-state index in [1.54, 1.807) is 0 Å². The quantitative estimate of drug-likeness (QED) is 0.381. The van der Waals surface area contributed by atoms with Crippen LogP contribution >= 0.6 is 31.9 Å². The fourth-order valence-corrected chi connectivity index (χ4v) is 3.50. The van der Waals surface area contributed by atoms with Gasteiger partial charge in [-0.15, -0.1) is 0 Å². The highest BCUT2D eigenvalue weighted by Gasteiger charge is 2.14. The molecule has 1 atom stereocenters. The van der Waals surface area contributed by atoms with Crippen LogP contribution in [0.25, 0.3) is 0 Å². The zero-order valence-electron chi connectivity index (χ0n) is 13.4. The SMILES string of the molecule is CCCCCCCCC(NCCC)c1cc(Br)ccc1Br. The van der Waals surface area contributed by atoms with Crippen LogP contribution in [0.4, 0.5) is 0 Å². The number of unbranched alkanes of at least 4 members (excludes halogenated alkanes) is 5. The molecule has 0 aromatic heterocycles. The molecule has 0 bridgehead atoms. The topological polar surface area (TPSA) is 12.0 Å². The zero-order chi connectivity index (χ0) is 15.5. The zero-order valence-corrected chi connectivity index (χ0v) is 16.6. The molecule has 0 heterocycles. The van der Waals surface area contributed by atoms with Gasteiger partial charge in [0, 0.05) is 15.0 Å². The second-order valence-corrected chi connectivity index (χ2v) is 7.50. The van der Waals surface area contributed by atoms with Gasteiger partial charge in [-0.3, -0.25) is 0 Å². The van der Waals surface area contributed by atoms with Crippen molar-refractivity contribution in [3.8, 4) is 0 Å². The van der Waals surface area contributed by atoms with Gasteiger partial charge in [-0.1, -0.05) is 84.2 Å². The lowest BCUT2D eigenvalue weighted by atomic mass is 9.99. The minimum absolute atomic E-state index is 0.461. The van der Waals surface area contributed by atoms with E-state index < -0.39 is 0 Å². The van der Waals surface area contributed by atoms with Gasteiger partial charge in [-0.25, -0.2) is 0 Å². The first kappa shape index (κ1) is 19.2. The van der Waals surface area contributed by atoms with Gasteiger partial charge < -0.3 is 5.32 Å². The molecule has 1 aromatic rings. The monoisotopic (exact) mass is 417 g/mol. The van der Waals surface area contributed by atoms with Gasteiger partial charge in [0.2, 0.25) is 0 Å². The summed E-state index contributed by atoms with van der Waals surface area (Å²) in [5.41, 5.74) is 1.38. The second kappa shape index (κ2) is 11.7. The van der Waals surface area contributed by atoms with Gasteiger partial charge in [0.05, 0.1) is 0 Å². The average Bonchev–Trinajstić information content (AvgIpc) is 2.48. The van der Waals surface area contributed by atoms with Gasteiger partial charge in [-0.05, 0) is 43.1 Å². The molecule has 0 aliphatic heterocycles. The smallest absolute Gasteiger partial charge is 0.0331 e. The van der Waals surface area contributed by atoms with Crippen molar-refractivity contribution in [3.05, 3.63) is 32.7 Å². The standard InChI is InChI=1S/C18H29Br2N/c1-3-5-6-7-8-9-10-18(21-13-4-2)16-14-15(19)11-12-17(16)20/h11-12,14,18,21H,3-10,13H2,1-2H3. The molecule has 0 aliphatic rings. The number of nitrogens with one attached hydrogen (secondary N) is 1. The molecular weight excluding hydrogens is 390 g/mol. The fraction of sp³-hybridized carbons (Fsp3) is 0.667. The highest BCUT2D eigenvalue weighted by atomic mass is 79.9. The van der Waals surface area contributed by atoms with Gasteiger partial charge in [0.1, 0.15) is 0 Å². The molecule has 0 amide bonds. The Hall–Kier alpha value is 0.140. The van der Waals surface area contributed by atoms with E-state index in [1.807, 2.05) is 0 Å². The Bertz CT molecular complexity index is 393. The third-order valence-corrected chi connectivity index (χ3v) is 5.04. The van der Waals surface area contributed by atoms with Crippen molar-refractivity contribution in [3.63, 3.8) is 0 Å². The molecule has 0 fully saturated rings. The van der Waals surface area contributed by atoms with Crippen LogP contribution in [0.1, 0.15) is 76.8 Å². The van der Waals surface area contributed by atoms with Crippen LogP contribution in [0.15, 0.2) is 27.1 Å². The van der Waals surface area contributed by atoms with Crippen molar-refractivity contribution < 1.29 is 0 Å². The van der Waals surface area contributed by atoms with E-state index in [1.165, 1.54) is 61.4 Å². The van der Waals surface area contributed by atoms with Gasteiger partial charge in [0.25, 0.3) is 0 Å². The second-order valence-electron chi connectivity index (χ2n) is 5.73. The summed E-state index contributed by atoms with van der Waals surface area (Å²) < 4.78 is 2.37. The summed E-state index contributed by atoms with van der Waals surface area (Å²) in [7, 11) is 0. The van der Waals surface area contributed by atoms with Gasteiger partial charge in [0.15, 0.2) is 0 Å². The third kappa shape index (κ3) is 7.80. The lowest BCUT2D eigenvalue weighted by Crippen LogP contribution is -2.22. The maximum absolute atomic E-state index is 3.71. The van der Waals surface area contributed by atoms with Crippen LogP contribution < -0.4 is 5.32 Å². The molecule has 0 aliphatic carbocycles. The Balaban J connectivity index is 2.52. The molecule has 0 radical (unpaired) electrons. The number of halogens is 2. The molecule has 1 unspecified atom stereocenters. The van der Waals surface area contributed by atoms with E-state index in [0.29, 0.717) is 6.04 Å². The molecule has 1 nitrogen and oxygen atoms in total. The van der Waals surface area contributed by atoms with E-state index in [-0.39, 0.29) is 0 Å². The van der Waals surface area contributed by atoms with E-state index in [9.17, 15) is 0 Å². The van der Waals surface area contributed by atoms with Crippen molar-refractivity contribution >= 4 is 31.9 Å². The van der Waals surface area contributed by atoms with E-state index >= 15 is 0 Å². The fourth-order valence-electron chi connectivity index (χ4n) is 2.60. The molecule has 0 saturated heterocycles.